The van der Waals surface area contributed by atoms with E-state index < -0.39 is 10.0 Å². The van der Waals surface area contributed by atoms with Crippen LogP contribution in [0, 0.1) is 6.92 Å². The van der Waals surface area contributed by atoms with E-state index in [9.17, 15) is 8.42 Å². The summed E-state index contributed by atoms with van der Waals surface area (Å²) in [5.41, 5.74) is 2.57. The van der Waals surface area contributed by atoms with Crippen LogP contribution < -0.4 is 9.04 Å². The van der Waals surface area contributed by atoms with E-state index in [1.807, 2.05) is 37.3 Å². The molecule has 112 valence electrons. The first kappa shape index (κ1) is 15.4. The number of methoxy groups -OCH3 is 1. The van der Waals surface area contributed by atoms with Crippen molar-refractivity contribution in [2.24, 2.45) is 0 Å². The van der Waals surface area contributed by atoms with Gasteiger partial charge in [-0.2, -0.15) is 0 Å². The van der Waals surface area contributed by atoms with Crippen LogP contribution in [-0.2, 0) is 16.6 Å². The van der Waals surface area contributed by atoms with Gasteiger partial charge in [-0.3, -0.25) is 4.31 Å². The number of para-hydroxylation sites is 2. The van der Waals surface area contributed by atoms with Crippen molar-refractivity contribution in [2.75, 3.05) is 17.7 Å². The summed E-state index contributed by atoms with van der Waals surface area (Å²) in [6.45, 7) is 2.25. The molecule has 0 bridgehead atoms. The van der Waals surface area contributed by atoms with Gasteiger partial charge in [-0.15, -0.1) is 0 Å². The van der Waals surface area contributed by atoms with Crippen LogP contribution in [-0.4, -0.2) is 21.8 Å². The Labute approximate surface area is 126 Å². The number of hydrogen-bond donors (Lipinski definition) is 0. The van der Waals surface area contributed by atoms with Gasteiger partial charge in [-0.1, -0.05) is 36.4 Å². The van der Waals surface area contributed by atoms with E-state index >= 15 is 0 Å². The lowest BCUT2D eigenvalue weighted by Crippen LogP contribution is -2.30. The van der Waals surface area contributed by atoms with Crippen molar-refractivity contribution in [1.82, 2.24) is 0 Å². The Balaban J connectivity index is 2.48. The molecule has 0 atom stereocenters. The zero-order valence-corrected chi connectivity index (χ0v) is 13.2. The van der Waals surface area contributed by atoms with Crippen molar-refractivity contribution in [2.45, 2.75) is 13.5 Å². The fourth-order valence-corrected chi connectivity index (χ4v) is 3.04. The number of ether oxygens (including phenoxy) is 1. The van der Waals surface area contributed by atoms with E-state index in [0.29, 0.717) is 11.4 Å². The normalized spacial score (nSPS) is 11.2. The van der Waals surface area contributed by atoms with E-state index in [4.69, 9.17) is 4.74 Å². The standard InChI is InChI=1S/C16H19NO3S/c1-13-8-4-5-9-14(13)12-17(21(3,18)19)15-10-6-7-11-16(15)20-2/h4-11H,12H2,1-3H3. The quantitative estimate of drug-likeness (QED) is 0.853. The van der Waals surface area contributed by atoms with E-state index in [1.165, 1.54) is 17.7 Å². The van der Waals surface area contributed by atoms with Gasteiger partial charge in [0.15, 0.2) is 0 Å². The van der Waals surface area contributed by atoms with Crippen LogP contribution in [0.1, 0.15) is 11.1 Å². The van der Waals surface area contributed by atoms with Gasteiger partial charge in [0.05, 0.1) is 25.6 Å². The monoisotopic (exact) mass is 305 g/mol. The predicted octanol–water partition coefficient (Wildman–Crippen LogP) is 2.97. The van der Waals surface area contributed by atoms with Gasteiger partial charge >= 0.3 is 0 Å². The minimum Gasteiger partial charge on any atom is -0.495 e. The lowest BCUT2D eigenvalue weighted by molar-refractivity contribution is 0.415. The van der Waals surface area contributed by atoms with Gasteiger partial charge in [0.25, 0.3) is 0 Å². The van der Waals surface area contributed by atoms with E-state index in [2.05, 4.69) is 0 Å². The van der Waals surface area contributed by atoms with Crippen LogP contribution in [0.4, 0.5) is 5.69 Å². The van der Waals surface area contributed by atoms with Gasteiger partial charge in [-0.05, 0) is 30.2 Å². The van der Waals surface area contributed by atoms with Gasteiger partial charge in [0.2, 0.25) is 10.0 Å². The molecule has 0 fully saturated rings. The van der Waals surface area contributed by atoms with Crippen LogP contribution in [0.5, 0.6) is 5.75 Å². The number of benzene rings is 2. The number of rotatable bonds is 5. The summed E-state index contributed by atoms with van der Waals surface area (Å²) in [6, 6.07) is 14.9. The van der Waals surface area contributed by atoms with E-state index in [1.54, 1.807) is 18.2 Å². The molecule has 0 aliphatic heterocycles. The Bertz CT molecular complexity index is 726. The van der Waals surface area contributed by atoms with Gasteiger partial charge in [0, 0.05) is 0 Å². The zero-order chi connectivity index (χ0) is 15.5. The molecule has 0 aliphatic rings. The highest BCUT2D eigenvalue weighted by Crippen LogP contribution is 2.31. The molecule has 0 N–H and O–H groups in total. The van der Waals surface area contributed by atoms with Gasteiger partial charge in [0.1, 0.15) is 5.75 Å². The zero-order valence-electron chi connectivity index (χ0n) is 12.4. The van der Waals surface area contributed by atoms with Crippen molar-refractivity contribution in [3.8, 4) is 5.75 Å². The maximum atomic E-state index is 12.2. The lowest BCUT2D eigenvalue weighted by Gasteiger charge is -2.25. The second kappa shape index (κ2) is 6.18. The van der Waals surface area contributed by atoms with E-state index in [0.717, 1.165) is 11.1 Å². The molecule has 4 nitrogen and oxygen atoms in total. The molecule has 5 heteroatoms. The highest BCUT2D eigenvalue weighted by atomic mass is 32.2. The number of hydrogen-bond acceptors (Lipinski definition) is 3. The van der Waals surface area contributed by atoms with Crippen LogP contribution >= 0.6 is 0 Å². The summed E-state index contributed by atoms with van der Waals surface area (Å²) < 4.78 is 31.0. The fraction of sp³-hybridized carbons (Fsp3) is 0.250. The molecule has 0 aliphatic carbocycles. The first-order chi connectivity index (χ1) is 9.93. The van der Waals surface area contributed by atoms with Gasteiger partial charge < -0.3 is 4.74 Å². The Hall–Kier alpha value is -2.01. The minimum atomic E-state index is -3.41. The summed E-state index contributed by atoms with van der Waals surface area (Å²) in [7, 11) is -1.88. The first-order valence-corrected chi connectivity index (χ1v) is 8.43. The maximum absolute atomic E-state index is 12.2. The highest BCUT2D eigenvalue weighted by molar-refractivity contribution is 7.92. The van der Waals surface area contributed by atoms with Crippen molar-refractivity contribution >= 4 is 15.7 Å². The van der Waals surface area contributed by atoms with Crippen LogP contribution in [0.2, 0.25) is 0 Å². The molecule has 21 heavy (non-hydrogen) atoms. The molecule has 0 aromatic heterocycles. The summed E-state index contributed by atoms with van der Waals surface area (Å²) in [5, 5.41) is 0. The third-order valence-electron chi connectivity index (χ3n) is 3.33. The second-order valence-electron chi connectivity index (χ2n) is 4.87. The Kier molecular flexibility index (Phi) is 4.53. The molecule has 0 unspecified atom stereocenters. The molecule has 0 spiro atoms. The number of nitrogens with zero attached hydrogens (tertiary/aromatic N) is 1. The molecular formula is C16H19NO3S. The summed E-state index contributed by atoms with van der Waals surface area (Å²) in [6.07, 6.45) is 1.21. The van der Waals surface area contributed by atoms with Crippen molar-refractivity contribution in [1.29, 1.82) is 0 Å². The molecule has 0 saturated heterocycles. The molecule has 0 amide bonds. The summed E-state index contributed by atoms with van der Waals surface area (Å²) in [5.74, 6) is 0.538. The molecule has 2 aromatic rings. The van der Waals surface area contributed by atoms with Crippen LogP contribution in [0.25, 0.3) is 0 Å². The third-order valence-corrected chi connectivity index (χ3v) is 4.46. The lowest BCUT2D eigenvalue weighted by atomic mass is 10.1. The Morgan fingerprint density at radius 3 is 2.29 bits per heavy atom. The molecule has 0 heterocycles. The Morgan fingerprint density at radius 2 is 1.67 bits per heavy atom. The highest BCUT2D eigenvalue weighted by Gasteiger charge is 2.21. The van der Waals surface area contributed by atoms with Gasteiger partial charge in [-0.25, -0.2) is 8.42 Å². The molecule has 2 aromatic carbocycles. The SMILES string of the molecule is COc1ccccc1N(Cc1ccccc1C)S(C)(=O)=O. The van der Waals surface area contributed by atoms with E-state index in [-0.39, 0.29) is 6.54 Å². The van der Waals surface area contributed by atoms with Crippen LogP contribution in [0.3, 0.4) is 0 Å². The van der Waals surface area contributed by atoms with Crippen molar-refractivity contribution in [3.63, 3.8) is 0 Å². The maximum Gasteiger partial charge on any atom is 0.232 e. The summed E-state index contributed by atoms with van der Waals surface area (Å²) in [4.78, 5) is 0. The Morgan fingerprint density at radius 1 is 1.05 bits per heavy atom. The fourth-order valence-electron chi connectivity index (χ4n) is 2.16. The van der Waals surface area contributed by atoms with Crippen LogP contribution in [0.15, 0.2) is 48.5 Å². The average molecular weight is 305 g/mol. The number of aryl methyl sites for hydroxylation is 1. The predicted molar refractivity (Wildman–Crippen MR) is 85.2 cm³/mol. The number of anilines is 1. The first-order valence-electron chi connectivity index (χ1n) is 6.58. The number of sulfonamides is 1. The molecule has 0 radical (unpaired) electrons. The topological polar surface area (TPSA) is 46.6 Å². The van der Waals surface area contributed by atoms with Crippen molar-refractivity contribution in [3.05, 3.63) is 59.7 Å². The summed E-state index contributed by atoms with van der Waals surface area (Å²) >= 11 is 0. The minimum absolute atomic E-state index is 0.284. The molecule has 2 rings (SSSR count). The van der Waals surface area contributed by atoms with Crippen molar-refractivity contribution < 1.29 is 13.2 Å². The largest absolute Gasteiger partial charge is 0.495 e. The molecular weight excluding hydrogens is 286 g/mol. The third kappa shape index (κ3) is 3.55. The molecule has 0 saturated carbocycles. The smallest absolute Gasteiger partial charge is 0.232 e. The second-order valence-corrected chi connectivity index (χ2v) is 6.77. The average Bonchev–Trinajstić information content (AvgIpc) is 2.45.